The first-order chi connectivity index (χ1) is 16.4. The molecule has 3 N–H and O–H groups in total. The lowest BCUT2D eigenvalue weighted by atomic mass is 10.1. The number of carbonyl (C=O) groups is 3. The van der Waals surface area contributed by atoms with Crippen LogP contribution in [0, 0.1) is 6.92 Å². The van der Waals surface area contributed by atoms with Crippen LogP contribution < -0.4 is 10.6 Å². The van der Waals surface area contributed by atoms with Gasteiger partial charge in [0.15, 0.2) is 0 Å². The summed E-state index contributed by atoms with van der Waals surface area (Å²) in [6.45, 7) is 4.04. The molecule has 2 amide bonds. The van der Waals surface area contributed by atoms with Crippen molar-refractivity contribution < 1.29 is 19.5 Å². The van der Waals surface area contributed by atoms with Crippen molar-refractivity contribution in [1.82, 2.24) is 0 Å². The number of rotatable bonds is 10. The van der Waals surface area contributed by atoms with Crippen molar-refractivity contribution in [3.63, 3.8) is 0 Å². The molecule has 3 rings (SSSR count). The van der Waals surface area contributed by atoms with Gasteiger partial charge in [0.25, 0.3) is 0 Å². The summed E-state index contributed by atoms with van der Waals surface area (Å²) >= 11 is 1.39. The average Bonchev–Trinajstić information content (AvgIpc) is 2.83. The van der Waals surface area contributed by atoms with Crippen LogP contribution in [0.25, 0.3) is 0 Å². The summed E-state index contributed by atoms with van der Waals surface area (Å²) in [7, 11) is 0. The minimum Gasteiger partial charge on any atom is -0.481 e. The zero-order valence-corrected chi connectivity index (χ0v) is 20.0. The number of para-hydroxylation sites is 1. The van der Waals surface area contributed by atoms with Crippen LogP contribution in [0.5, 0.6) is 0 Å². The highest BCUT2D eigenvalue weighted by atomic mass is 32.2. The normalized spacial score (nSPS) is 11.5. The smallest absolute Gasteiger partial charge is 0.303 e. The lowest BCUT2D eigenvalue weighted by molar-refractivity contribution is -0.138. The van der Waals surface area contributed by atoms with Crippen molar-refractivity contribution in [3.05, 3.63) is 89.5 Å². The quantitative estimate of drug-likeness (QED) is 0.320. The third-order valence-corrected chi connectivity index (χ3v) is 6.51. The number of thioether (sulfide) groups is 1. The molecule has 0 fully saturated rings. The molecule has 0 aliphatic rings. The Kier molecular flexibility index (Phi) is 8.87. The predicted molar refractivity (Wildman–Crippen MR) is 136 cm³/mol. The van der Waals surface area contributed by atoms with Crippen LogP contribution in [0.15, 0.2) is 77.7 Å². The van der Waals surface area contributed by atoms with Gasteiger partial charge in [-0.3, -0.25) is 14.4 Å². The van der Waals surface area contributed by atoms with Gasteiger partial charge in [-0.15, -0.1) is 11.8 Å². The minimum absolute atomic E-state index is 0.0993. The van der Waals surface area contributed by atoms with Crippen LogP contribution in [0.4, 0.5) is 11.4 Å². The van der Waals surface area contributed by atoms with E-state index in [1.165, 1.54) is 11.8 Å². The Balaban J connectivity index is 1.82. The molecule has 0 radical (unpaired) electrons. The Labute approximate surface area is 203 Å². The Morgan fingerprint density at radius 3 is 2.35 bits per heavy atom. The van der Waals surface area contributed by atoms with E-state index in [0.29, 0.717) is 5.69 Å². The maximum atomic E-state index is 13.5. The monoisotopic (exact) mass is 476 g/mol. The Morgan fingerprint density at radius 2 is 1.65 bits per heavy atom. The van der Waals surface area contributed by atoms with Gasteiger partial charge in [0.2, 0.25) is 11.8 Å². The fourth-order valence-electron chi connectivity index (χ4n) is 3.52. The van der Waals surface area contributed by atoms with Crippen LogP contribution in [0.2, 0.25) is 0 Å². The number of benzene rings is 3. The molecule has 7 heteroatoms. The highest BCUT2D eigenvalue weighted by Gasteiger charge is 2.23. The third-order valence-electron chi connectivity index (χ3n) is 5.27. The van der Waals surface area contributed by atoms with Gasteiger partial charge in [-0.1, -0.05) is 61.5 Å². The van der Waals surface area contributed by atoms with E-state index in [1.807, 2.05) is 61.5 Å². The van der Waals surface area contributed by atoms with E-state index in [0.717, 1.165) is 33.7 Å². The van der Waals surface area contributed by atoms with Crippen LogP contribution in [-0.4, -0.2) is 22.9 Å². The highest BCUT2D eigenvalue weighted by molar-refractivity contribution is 8.00. The number of hydrogen-bond acceptors (Lipinski definition) is 4. The van der Waals surface area contributed by atoms with Gasteiger partial charge in [-0.05, 0) is 48.2 Å². The molecule has 3 aromatic carbocycles. The van der Waals surface area contributed by atoms with Gasteiger partial charge >= 0.3 is 5.97 Å². The third kappa shape index (κ3) is 6.96. The molecule has 6 nitrogen and oxygen atoms in total. The highest BCUT2D eigenvalue weighted by Crippen LogP contribution is 2.37. The second kappa shape index (κ2) is 12.0. The molecule has 0 aliphatic carbocycles. The first kappa shape index (κ1) is 25.1. The molecule has 0 aromatic heterocycles. The van der Waals surface area contributed by atoms with Crippen molar-refractivity contribution in [3.8, 4) is 0 Å². The fraction of sp³-hybridized carbons (Fsp3) is 0.222. The second-order valence-corrected chi connectivity index (χ2v) is 9.01. The molecule has 34 heavy (non-hydrogen) atoms. The molecular weight excluding hydrogens is 448 g/mol. The standard InChI is InChI=1S/C27H28N2O4S/c1-3-19-12-7-9-18(2)25(19)29-27(33)26(20-10-5-4-6-11-20)34-22-14-8-13-21(17-22)28-23(30)15-16-24(31)32/h4-14,17,26H,3,15-16H2,1-2H3,(H,28,30)(H,29,33)(H,31,32). The number of anilines is 2. The maximum Gasteiger partial charge on any atom is 0.303 e. The Bertz CT molecular complexity index is 1160. The van der Waals surface area contributed by atoms with E-state index in [1.54, 1.807) is 18.2 Å². The number of carboxylic acids is 1. The number of amides is 2. The fourth-order valence-corrected chi connectivity index (χ4v) is 4.60. The Morgan fingerprint density at radius 1 is 0.912 bits per heavy atom. The number of hydrogen-bond donors (Lipinski definition) is 3. The van der Waals surface area contributed by atoms with E-state index in [-0.39, 0.29) is 24.7 Å². The van der Waals surface area contributed by atoms with E-state index < -0.39 is 11.2 Å². The van der Waals surface area contributed by atoms with E-state index >= 15 is 0 Å². The van der Waals surface area contributed by atoms with Gasteiger partial charge in [0.05, 0.1) is 6.42 Å². The van der Waals surface area contributed by atoms with Crippen LogP contribution in [-0.2, 0) is 20.8 Å². The van der Waals surface area contributed by atoms with Crippen LogP contribution in [0.1, 0.15) is 41.7 Å². The first-order valence-electron chi connectivity index (χ1n) is 11.1. The topological polar surface area (TPSA) is 95.5 Å². The van der Waals surface area contributed by atoms with Crippen molar-refractivity contribution in [2.24, 2.45) is 0 Å². The SMILES string of the molecule is CCc1cccc(C)c1NC(=O)C(Sc1cccc(NC(=O)CCC(=O)O)c1)c1ccccc1. The average molecular weight is 477 g/mol. The molecule has 3 aromatic rings. The molecule has 0 spiro atoms. The van der Waals surface area contributed by atoms with Gasteiger partial charge in [0.1, 0.15) is 5.25 Å². The molecule has 0 saturated carbocycles. The Hall–Kier alpha value is -3.58. The lowest BCUT2D eigenvalue weighted by Crippen LogP contribution is -2.20. The second-order valence-electron chi connectivity index (χ2n) is 7.83. The number of carbonyl (C=O) groups excluding carboxylic acids is 2. The summed E-state index contributed by atoms with van der Waals surface area (Å²) in [4.78, 5) is 37.0. The molecule has 176 valence electrons. The zero-order valence-electron chi connectivity index (χ0n) is 19.2. The van der Waals surface area contributed by atoms with Crippen LogP contribution in [0.3, 0.4) is 0 Å². The lowest BCUT2D eigenvalue weighted by Gasteiger charge is -2.20. The number of carboxylic acid groups (broad SMARTS) is 1. The molecular formula is C27H28N2O4S. The summed E-state index contributed by atoms with van der Waals surface area (Å²) in [5, 5.41) is 14.1. The van der Waals surface area contributed by atoms with E-state index in [2.05, 4.69) is 17.6 Å². The van der Waals surface area contributed by atoms with Gasteiger partial charge in [-0.25, -0.2) is 0 Å². The van der Waals surface area contributed by atoms with Crippen molar-refractivity contribution in [2.45, 2.75) is 43.3 Å². The van der Waals surface area contributed by atoms with Gasteiger partial charge < -0.3 is 15.7 Å². The van der Waals surface area contributed by atoms with Crippen LogP contribution >= 0.6 is 11.8 Å². The zero-order chi connectivity index (χ0) is 24.5. The van der Waals surface area contributed by atoms with Gasteiger partial charge in [0, 0.05) is 22.7 Å². The van der Waals surface area contributed by atoms with E-state index in [9.17, 15) is 14.4 Å². The maximum absolute atomic E-state index is 13.5. The largest absolute Gasteiger partial charge is 0.481 e. The van der Waals surface area contributed by atoms with Gasteiger partial charge in [-0.2, -0.15) is 0 Å². The number of aliphatic carboxylic acids is 1. The summed E-state index contributed by atoms with van der Waals surface area (Å²) in [6.07, 6.45) is 0.483. The summed E-state index contributed by atoms with van der Waals surface area (Å²) < 4.78 is 0. The predicted octanol–water partition coefficient (Wildman–Crippen LogP) is 5.83. The number of nitrogens with one attached hydrogen (secondary N) is 2. The van der Waals surface area contributed by atoms with Crippen molar-refractivity contribution in [1.29, 1.82) is 0 Å². The summed E-state index contributed by atoms with van der Waals surface area (Å²) in [5.74, 6) is -1.51. The molecule has 1 atom stereocenters. The minimum atomic E-state index is -1.02. The van der Waals surface area contributed by atoms with Crippen molar-refractivity contribution in [2.75, 3.05) is 10.6 Å². The first-order valence-corrected chi connectivity index (χ1v) is 12.0. The molecule has 0 aliphatic heterocycles. The number of aryl methyl sites for hydroxylation is 2. The molecule has 0 saturated heterocycles. The molecule has 1 unspecified atom stereocenters. The summed E-state index contributed by atoms with van der Waals surface area (Å²) in [6, 6.07) is 22.8. The molecule has 0 bridgehead atoms. The van der Waals surface area contributed by atoms with Crippen molar-refractivity contribution >= 4 is 40.9 Å². The van der Waals surface area contributed by atoms with E-state index in [4.69, 9.17) is 5.11 Å². The molecule has 0 heterocycles. The summed E-state index contributed by atoms with van der Waals surface area (Å²) in [5.41, 5.74) is 4.36.